The molecule has 232 valence electrons. The molecule has 0 radical (unpaired) electrons. The van der Waals surface area contributed by atoms with Crippen LogP contribution in [0.2, 0.25) is 0 Å². The molecule has 7 nitrogen and oxygen atoms in total. The van der Waals surface area contributed by atoms with Gasteiger partial charge < -0.3 is 15.0 Å². The molecule has 8 rings (SSSR count). The lowest BCUT2D eigenvalue weighted by atomic mass is 9.95. The van der Waals surface area contributed by atoms with Crippen LogP contribution in [0.5, 0.6) is 6.01 Å². The molecule has 2 aromatic carbocycles. The minimum atomic E-state index is -0.867. The number of halogens is 2. The molecule has 6 heterocycles. The lowest BCUT2D eigenvalue weighted by Gasteiger charge is -2.35. The molecular weight excluding hydrogens is 570 g/mol. The lowest BCUT2D eigenvalue weighted by Crippen LogP contribution is -2.51. The number of ether oxygens (including phenoxy) is 1. The van der Waals surface area contributed by atoms with Crippen molar-refractivity contribution in [2.75, 3.05) is 37.7 Å². The average Bonchev–Trinajstić information content (AvgIpc) is 3.70. The Balaban J connectivity index is 1.32. The van der Waals surface area contributed by atoms with E-state index in [9.17, 15) is 4.39 Å². The van der Waals surface area contributed by atoms with Crippen LogP contribution in [0.25, 0.3) is 32.9 Å². The number of anilines is 1. The van der Waals surface area contributed by atoms with Crippen molar-refractivity contribution in [3.05, 3.63) is 53.5 Å². The number of hydrogen-bond acceptors (Lipinski definition) is 7. The van der Waals surface area contributed by atoms with Gasteiger partial charge in [-0.3, -0.25) is 4.90 Å². The zero-order valence-corrected chi connectivity index (χ0v) is 25.9. The van der Waals surface area contributed by atoms with Gasteiger partial charge in [-0.15, -0.1) is 0 Å². The second-order valence-electron chi connectivity index (χ2n) is 13.1. The summed E-state index contributed by atoms with van der Waals surface area (Å²) in [5, 5.41) is 6.20. The van der Waals surface area contributed by atoms with Crippen LogP contribution >= 0.6 is 0 Å². The maximum atomic E-state index is 17.1. The third kappa shape index (κ3) is 4.81. The van der Waals surface area contributed by atoms with Crippen LogP contribution < -0.4 is 15.0 Å². The summed E-state index contributed by atoms with van der Waals surface area (Å²) in [5.41, 5.74) is 2.31. The van der Waals surface area contributed by atoms with Gasteiger partial charge in [-0.1, -0.05) is 49.2 Å². The summed E-state index contributed by atoms with van der Waals surface area (Å²) in [6.07, 6.45) is 4.44. The number of pyridine rings is 1. The highest BCUT2D eigenvalue weighted by molar-refractivity contribution is 6.02. The molecule has 4 aliphatic heterocycles. The number of hydrogen-bond donors (Lipinski definition) is 1. The van der Waals surface area contributed by atoms with Crippen molar-refractivity contribution >= 4 is 27.5 Å². The first kappa shape index (κ1) is 28.6. The van der Waals surface area contributed by atoms with Gasteiger partial charge in [-0.2, -0.15) is 9.97 Å². The van der Waals surface area contributed by atoms with E-state index in [-0.39, 0.29) is 29.4 Å². The predicted octanol–water partition coefficient (Wildman–Crippen LogP) is 5.81. The molecule has 2 aromatic heterocycles. The van der Waals surface area contributed by atoms with E-state index in [0.717, 1.165) is 68.1 Å². The monoisotopic (exact) mass is 608 g/mol. The second kappa shape index (κ2) is 11.2. The molecule has 0 saturated carbocycles. The van der Waals surface area contributed by atoms with Crippen molar-refractivity contribution < 1.29 is 13.5 Å². The first-order valence-electron chi connectivity index (χ1n) is 16.3. The second-order valence-corrected chi connectivity index (χ2v) is 13.1. The molecule has 4 aliphatic rings. The van der Waals surface area contributed by atoms with Crippen LogP contribution in [0.3, 0.4) is 0 Å². The summed E-state index contributed by atoms with van der Waals surface area (Å²) in [7, 11) is 0. The number of aryl methyl sites for hydroxylation is 1. The molecule has 0 aliphatic carbocycles. The summed E-state index contributed by atoms with van der Waals surface area (Å²) < 4.78 is 38.0. The van der Waals surface area contributed by atoms with E-state index >= 15 is 4.39 Å². The van der Waals surface area contributed by atoms with Gasteiger partial charge in [0.25, 0.3) is 0 Å². The van der Waals surface area contributed by atoms with Crippen molar-refractivity contribution in [1.29, 1.82) is 0 Å². The standard InChI is InChI=1S/C36H38F2N6O/c1-3-8-28-30-33(31(38)32(40-28)27-12-6-11-23-10-5-9-22(4-2)29(23)27)41-35(42-34(30)43-19-25-13-14-26(20-43)39-25)45-21-36-15-7-16-44(36)18-24(37)17-36/h5-6,9-12,24-26,39H,4,7,13-21H2,1-2H3/t24-,25-,26+,36+/m1/s1. The molecule has 0 amide bonds. The fourth-order valence-electron chi connectivity index (χ4n) is 8.34. The normalized spacial score (nSPS) is 26.0. The van der Waals surface area contributed by atoms with Gasteiger partial charge in [0.1, 0.15) is 35.5 Å². The van der Waals surface area contributed by atoms with Crippen molar-refractivity contribution in [1.82, 2.24) is 25.2 Å². The van der Waals surface area contributed by atoms with E-state index in [1.807, 2.05) is 30.3 Å². The maximum absolute atomic E-state index is 17.1. The molecule has 45 heavy (non-hydrogen) atoms. The van der Waals surface area contributed by atoms with E-state index in [1.165, 1.54) is 0 Å². The van der Waals surface area contributed by atoms with Crippen LogP contribution in [0.4, 0.5) is 14.6 Å². The molecule has 0 spiro atoms. The van der Waals surface area contributed by atoms with Gasteiger partial charge >= 0.3 is 6.01 Å². The number of alkyl halides is 1. The highest BCUT2D eigenvalue weighted by atomic mass is 19.1. The Bertz CT molecular complexity index is 1850. The Morgan fingerprint density at radius 3 is 2.62 bits per heavy atom. The highest BCUT2D eigenvalue weighted by Gasteiger charge is 2.49. The van der Waals surface area contributed by atoms with Crippen LogP contribution in [0.1, 0.15) is 57.2 Å². The Kier molecular flexibility index (Phi) is 7.10. The summed E-state index contributed by atoms with van der Waals surface area (Å²) in [6.45, 7) is 6.93. The molecule has 4 fully saturated rings. The lowest BCUT2D eigenvalue weighted by molar-refractivity contribution is 0.107. The number of fused-ring (bicyclic) bond motifs is 5. The molecule has 9 heteroatoms. The largest absolute Gasteiger partial charge is 0.461 e. The number of nitrogens with one attached hydrogen (secondary N) is 1. The van der Waals surface area contributed by atoms with Gasteiger partial charge in [0.2, 0.25) is 0 Å². The molecule has 2 bridgehead atoms. The van der Waals surface area contributed by atoms with Crippen LogP contribution in [0, 0.1) is 17.7 Å². The quantitative estimate of drug-likeness (QED) is 0.277. The predicted molar refractivity (Wildman–Crippen MR) is 173 cm³/mol. The Hall–Kier alpha value is -3.87. The smallest absolute Gasteiger partial charge is 0.319 e. The molecule has 4 saturated heterocycles. The zero-order valence-electron chi connectivity index (χ0n) is 25.9. The maximum Gasteiger partial charge on any atom is 0.319 e. The van der Waals surface area contributed by atoms with E-state index < -0.39 is 12.0 Å². The fourth-order valence-corrected chi connectivity index (χ4v) is 8.34. The number of nitrogens with zero attached hydrogens (tertiary/aromatic N) is 5. The molecule has 1 N–H and O–H groups in total. The molecular formula is C36H38F2N6O. The minimum absolute atomic E-state index is 0.116. The Labute approximate surface area is 262 Å². The zero-order chi connectivity index (χ0) is 30.7. The van der Waals surface area contributed by atoms with Crippen molar-refractivity contribution in [3.63, 3.8) is 0 Å². The summed E-state index contributed by atoms with van der Waals surface area (Å²) in [4.78, 5) is 19.1. The van der Waals surface area contributed by atoms with E-state index in [1.54, 1.807) is 6.92 Å². The summed E-state index contributed by atoms with van der Waals surface area (Å²) in [6, 6.07) is 12.9. The van der Waals surface area contributed by atoms with Gasteiger partial charge in [0, 0.05) is 43.7 Å². The van der Waals surface area contributed by atoms with Crippen molar-refractivity contribution in [2.24, 2.45) is 0 Å². The fraction of sp³-hybridized carbons (Fsp3) is 0.472. The van der Waals surface area contributed by atoms with Crippen molar-refractivity contribution in [2.45, 2.75) is 76.2 Å². The van der Waals surface area contributed by atoms with Crippen LogP contribution in [-0.4, -0.2) is 76.4 Å². The average molecular weight is 609 g/mol. The van der Waals surface area contributed by atoms with Crippen molar-refractivity contribution in [3.8, 4) is 29.1 Å². The molecule has 4 atom stereocenters. The van der Waals surface area contributed by atoms with Crippen LogP contribution in [-0.2, 0) is 6.42 Å². The van der Waals surface area contributed by atoms with Gasteiger partial charge in [0.15, 0.2) is 5.82 Å². The van der Waals surface area contributed by atoms with Gasteiger partial charge in [-0.25, -0.2) is 13.8 Å². The third-order valence-corrected chi connectivity index (χ3v) is 10.4. The van der Waals surface area contributed by atoms with E-state index in [2.05, 4.69) is 39.9 Å². The van der Waals surface area contributed by atoms with E-state index in [0.29, 0.717) is 47.5 Å². The van der Waals surface area contributed by atoms with Gasteiger partial charge in [0.05, 0.1) is 10.9 Å². The first-order chi connectivity index (χ1) is 22.0. The SMILES string of the molecule is CC#Cc1nc(-c2cccc3cccc(CC)c23)c(F)c2nc(OC[C@@]34CCCN3C[C@H](F)C4)nc(N3C[C@H]4CC[C@@H](C3)N4)c12. The molecule has 0 unspecified atom stereocenters. The third-order valence-electron chi connectivity index (χ3n) is 10.4. The summed E-state index contributed by atoms with van der Waals surface area (Å²) >= 11 is 0. The Morgan fingerprint density at radius 2 is 1.84 bits per heavy atom. The Morgan fingerprint density at radius 1 is 1.04 bits per heavy atom. The highest BCUT2D eigenvalue weighted by Crippen LogP contribution is 2.42. The topological polar surface area (TPSA) is 66.4 Å². The minimum Gasteiger partial charge on any atom is -0.461 e. The number of benzene rings is 2. The summed E-state index contributed by atoms with van der Waals surface area (Å²) in [5.74, 6) is 6.27. The number of rotatable bonds is 6. The van der Waals surface area contributed by atoms with E-state index in [4.69, 9.17) is 19.7 Å². The molecule has 4 aromatic rings. The van der Waals surface area contributed by atoms with Crippen LogP contribution in [0.15, 0.2) is 36.4 Å². The first-order valence-corrected chi connectivity index (χ1v) is 16.3. The van der Waals surface area contributed by atoms with Gasteiger partial charge in [-0.05, 0) is 67.8 Å². The number of aromatic nitrogens is 3. The number of piperazine rings is 1.